The molecule has 0 fully saturated rings. The van der Waals surface area contributed by atoms with Gasteiger partial charge in [-0.3, -0.25) is 9.59 Å². The van der Waals surface area contributed by atoms with Gasteiger partial charge >= 0.3 is 0 Å². The third-order valence-corrected chi connectivity index (χ3v) is 4.86. The van der Waals surface area contributed by atoms with Crippen molar-refractivity contribution in [1.82, 2.24) is 15.5 Å². The van der Waals surface area contributed by atoms with E-state index in [0.717, 1.165) is 10.6 Å². The standard InChI is InChI=1S/C16H18N4O3S/c1-9(21)19-16(2,3)15-18-13(23-20-15)8-12-14(22)17-10-6-4-5-7-11(10)24-12/h4-7,12H,8H2,1-3H3,(H,17,22)(H,19,21). The molecular weight excluding hydrogens is 328 g/mol. The summed E-state index contributed by atoms with van der Waals surface area (Å²) in [6.07, 6.45) is 0.327. The maximum Gasteiger partial charge on any atom is 0.238 e. The second-order valence-electron chi connectivity index (χ2n) is 6.11. The van der Waals surface area contributed by atoms with Gasteiger partial charge in [0.1, 0.15) is 0 Å². The summed E-state index contributed by atoms with van der Waals surface area (Å²) in [5, 5.41) is 9.25. The van der Waals surface area contributed by atoms with Gasteiger partial charge in [-0.25, -0.2) is 0 Å². The lowest BCUT2D eigenvalue weighted by Gasteiger charge is -2.23. The molecule has 0 saturated carbocycles. The minimum absolute atomic E-state index is 0.0837. The maximum absolute atomic E-state index is 12.2. The van der Waals surface area contributed by atoms with Crippen LogP contribution in [0.5, 0.6) is 0 Å². The predicted molar refractivity (Wildman–Crippen MR) is 89.6 cm³/mol. The Kier molecular flexibility index (Phi) is 4.31. The number of carbonyl (C=O) groups excluding carboxylic acids is 2. The van der Waals surface area contributed by atoms with Crippen LogP contribution in [-0.4, -0.2) is 27.2 Å². The Bertz CT molecular complexity index is 787. The number of anilines is 1. The molecule has 1 aliphatic rings. The molecule has 7 nitrogen and oxygen atoms in total. The first kappa shape index (κ1) is 16.5. The van der Waals surface area contributed by atoms with Crippen LogP contribution in [0, 0.1) is 0 Å². The molecule has 0 bridgehead atoms. The van der Waals surface area contributed by atoms with E-state index in [1.54, 1.807) is 13.8 Å². The topological polar surface area (TPSA) is 97.1 Å². The lowest BCUT2D eigenvalue weighted by atomic mass is 10.1. The molecule has 2 amide bonds. The molecule has 0 aliphatic carbocycles. The summed E-state index contributed by atoms with van der Waals surface area (Å²) >= 11 is 1.48. The first-order valence-electron chi connectivity index (χ1n) is 7.53. The first-order valence-corrected chi connectivity index (χ1v) is 8.41. The highest BCUT2D eigenvalue weighted by molar-refractivity contribution is 8.01. The van der Waals surface area contributed by atoms with Gasteiger partial charge in [0.05, 0.1) is 16.5 Å². The zero-order valence-electron chi connectivity index (χ0n) is 13.6. The molecule has 0 spiro atoms. The number of hydrogen-bond donors (Lipinski definition) is 2. The van der Waals surface area contributed by atoms with Crippen LogP contribution in [-0.2, 0) is 21.5 Å². The van der Waals surface area contributed by atoms with E-state index < -0.39 is 5.54 Å². The van der Waals surface area contributed by atoms with E-state index in [1.807, 2.05) is 24.3 Å². The molecule has 0 saturated heterocycles. The zero-order chi connectivity index (χ0) is 17.3. The molecule has 126 valence electrons. The van der Waals surface area contributed by atoms with Crippen molar-refractivity contribution in [2.24, 2.45) is 0 Å². The summed E-state index contributed by atoms with van der Waals surface area (Å²) in [5.74, 6) is 0.495. The highest BCUT2D eigenvalue weighted by atomic mass is 32.2. The van der Waals surface area contributed by atoms with Crippen molar-refractivity contribution in [2.45, 2.75) is 42.9 Å². The number of benzene rings is 1. The molecule has 1 aromatic carbocycles. The van der Waals surface area contributed by atoms with Gasteiger partial charge in [0.25, 0.3) is 0 Å². The fourth-order valence-corrected chi connectivity index (χ4v) is 3.57. The molecule has 0 radical (unpaired) electrons. The van der Waals surface area contributed by atoms with Gasteiger partial charge in [-0.05, 0) is 26.0 Å². The summed E-state index contributed by atoms with van der Waals surface area (Å²) in [5.41, 5.74) is 0.0871. The molecule has 2 aromatic rings. The fraction of sp³-hybridized carbons (Fsp3) is 0.375. The second-order valence-corrected chi connectivity index (χ2v) is 7.36. The number of amides is 2. The smallest absolute Gasteiger partial charge is 0.238 e. The van der Waals surface area contributed by atoms with Gasteiger partial charge in [-0.2, -0.15) is 4.98 Å². The van der Waals surface area contributed by atoms with E-state index in [0.29, 0.717) is 18.1 Å². The van der Waals surface area contributed by atoms with Crippen molar-refractivity contribution in [3.63, 3.8) is 0 Å². The minimum atomic E-state index is -0.734. The van der Waals surface area contributed by atoms with Gasteiger partial charge in [-0.1, -0.05) is 17.3 Å². The zero-order valence-corrected chi connectivity index (χ0v) is 14.4. The Hall–Kier alpha value is -2.35. The van der Waals surface area contributed by atoms with Crippen LogP contribution >= 0.6 is 11.8 Å². The van der Waals surface area contributed by atoms with Gasteiger partial charge in [0, 0.05) is 18.2 Å². The Morgan fingerprint density at radius 3 is 2.92 bits per heavy atom. The third-order valence-electron chi connectivity index (χ3n) is 3.58. The molecule has 3 rings (SSSR count). The number of para-hydroxylation sites is 1. The molecule has 2 N–H and O–H groups in total. The highest BCUT2D eigenvalue weighted by Gasteiger charge is 2.31. The molecule has 2 heterocycles. The molecular formula is C16H18N4O3S. The van der Waals surface area contributed by atoms with Crippen LogP contribution in [0.4, 0.5) is 5.69 Å². The van der Waals surface area contributed by atoms with Crippen molar-refractivity contribution in [2.75, 3.05) is 5.32 Å². The van der Waals surface area contributed by atoms with Crippen LogP contribution in [0.1, 0.15) is 32.5 Å². The van der Waals surface area contributed by atoms with Crippen molar-refractivity contribution in [3.8, 4) is 0 Å². The highest BCUT2D eigenvalue weighted by Crippen LogP contribution is 2.36. The largest absolute Gasteiger partial charge is 0.344 e. The monoisotopic (exact) mass is 346 g/mol. The summed E-state index contributed by atoms with van der Waals surface area (Å²) in [4.78, 5) is 28.8. The maximum atomic E-state index is 12.2. The SMILES string of the molecule is CC(=O)NC(C)(C)c1noc(CC2Sc3ccccc3NC2=O)n1. The van der Waals surface area contributed by atoms with Crippen molar-refractivity contribution in [3.05, 3.63) is 36.0 Å². The fourth-order valence-electron chi connectivity index (χ4n) is 2.47. The lowest BCUT2D eigenvalue weighted by Crippen LogP contribution is -2.40. The summed E-state index contributed by atoms with van der Waals surface area (Å²) < 4.78 is 5.27. The van der Waals surface area contributed by atoms with E-state index >= 15 is 0 Å². The van der Waals surface area contributed by atoms with E-state index in [2.05, 4.69) is 20.8 Å². The Labute approximate surface area is 143 Å². The van der Waals surface area contributed by atoms with Gasteiger partial charge < -0.3 is 15.2 Å². The van der Waals surface area contributed by atoms with E-state index in [1.165, 1.54) is 18.7 Å². The van der Waals surface area contributed by atoms with Crippen molar-refractivity contribution < 1.29 is 14.1 Å². The van der Waals surface area contributed by atoms with Crippen LogP contribution in [0.2, 0.25) is 0 Å². The normalized spacial score (nSPS) is 17.1. The average Bonchev–Trinajstić information content (AvgIpc) is 2.96. The Balaban J connectivity index is 1.73. The Morgan fingerprint density at radius 1 is 1.42 bits per heavy atom. The van der Waals surface area contributed by atoms with Gasteiger partial charge in [0.15, 0.2) is 5.82 Å². The van der Waals surface area contributed by atoms with Crippen molar-refractivity contribution >= 4 is 29.3 Å². The van der Waals surface area contributed by atoms with Crippen LogP contribution in [0.15, 0.2) is 33.7 Å². The predicted octanol–water partition coefficient (Wildman–Crippen LogP) is 2.10. The number of aromatic nitrogens is 2. The number of thioether (sulfide) groups is 1. The number of hydrogen-bond acceptors (Lipinski definition) is 6. The molecule has 1 aliphatic heterocycles. The minimum Gasteiger partial charge on any atom is -0.344 e. The molecule has 1 atom stereocenters. The number of rotatable bonds is 4. The summed E-state index contributed by atoms with van der Waals surface area (Å²) in [6.45, 7) is 5.02. The van der Waals surface area contributed by atoms with Gasteiger partial charge in [-0.15, -0.1) is 11.8 Å². The van der Waals surface area contributed by atoms with Gasteiger partial charge in [0.2, 0.25) is 17.7 Å². The molecule has 1 aromatic heterocycles. The number of nitrogens with one attached hydrogen (secondary N) is 2. The number of nitrogens with zero attached hydrogens (tertiary/aromatic N) is 2. The summed E-state index contributed by atoms with van der Waals surface area (Å²) in [6, 6.07) is 7.65. The van der Waals surface area contributed by atoms with Crippen LogP contribution in [0.25, 0.3) is 0 Å². The van der Waals surface area contributed by atoms with Crippen LogP contribution < -0.4 is 10.6 Å². The van der Waals surface area contributed by atoms with E-state index in [4.69, 9.17) is 4.52 Å². The summed E-state index contributed by atoms with van der Waals surface area (Å²) in [7, 11) is 0. The van der Waals surface area contributed by atoms with E-state index in [-0.39, 0.29) is 17.1 Å². The second kappa shape index (κ2) is 6.27. The average molecular weight is 346 g/mol. The number of carbonyl (C=O) groups is 2. The Morgan fingerprint density at radius 2 is 2.17 bits per heavy atom. The van der Waals surface area contributed by atoms with E-state index in [9.17, 15) is 9.59 Å². The number of fused-ring (bicyclic) bond motifs is 1. The van der Waals surface area contributed by atoms with Crippen molar-refractivity contribution in [1.29, 1.82) is 0 Å². The quantitative estimate of drug-likeness (QED) is 0.880. The lowest BCUT2D eigenvalue weighted by molar-refractivity contribution is -0.120. The first-order chi connectivity index (χ1) is 11.3. The molecule has 8 heteroatoms. The third kappa shape index (κ3) is 3.43. The molecule has 24 heavy (non-hydrogen) atoms. The molecule has 1 unspecified atom stereocenters. The van der Waals surface area contributed by atoms with Crippen LogP contribution in [0.3, 0.4) is 0 Å².